The normalized spacial score (nSPS) is 11.8. The fraction of sp³-hybridized carbons (Fsp3) is 1.00. The minimum Gasteiger partial charge on any atom is -0.188 e. The van der Waals surface area contributed by atoms with Gasteiger partial charge in [-0.3, -0.25) is 0 Å². The molecule has 0 aromatic rings. The third-order valence-corrected chi connectivity index (χ3v) is 1.35. The van der Waals surface area contributed by atoms with Crippen molar-refractivity contribution in [3.63, 3.8) is 0 Å². The van der Waals surface area contributed by atoms with Gasteiger partial charge in [-0.25, -0.2) is 0 Å². The predicted molar refractivity (Wildman–Crippen MR) is 32.9 cm³/mol. The van der Waals surface area contributed by atoms with Gasteiger partial charge in [-0.15, -0.1) is 0 Å². The summed E-state index contributed by atoms with van der Waals surface area (Å²) in [7, 11) is -4.45. The summed E-state index contributed by atoms with van der Waals surface area (Å²) in [6, 6.07) is 0. The molecule has 0 unspecified atom stereocenters. The molecule has 0 saturated carbocycles. The number of rotatable bonds is 4. The monoisotopic (exact) mass is 155 g/mol. The molecule has 0 aliphatic heterocycles. The number of hydrogen-bond acceptors (Lipinski definition) is 2. The Balaban J connectivity index is 3.30. The fourth-order valence-corrected chi connectivity index (χ4v) is 0.759. The molecule has 0 aromatic heterocycles. The van der Waals surface area contributed by atoms with E-state index in [2.05, 4.69) is 0 Å². The number of hydrogen-bond donors (Lipinski definition) is 1. The molecular formula is C4H10FNO2S. The maximum Gasteiger partial charge on any atom is 0.372 e. The largest absolute Gasteiger partial charge is 0.372 e. The van der Waals surface area contributed by atoms with E-state index >= 15 is 0 Å². The first kappa shape index (κ1) is 8.84. The van der Waals surface area contributed by atoms with Crippen molar-refractivity contribution < 1.29 is 12.3 Å². The van der Waals surface area contributed by atoms with E-state index in [0.717, 1.165) is 6.42 Å². The molecule has 3 nitrogen and oxygen atoms in total. The second kappa shape index (κ2) is 3.79. The van der Waals surface area contributed by atoms with Crippen molar-refractivity contribution >= 4 is 10.4 Å². The van der Waals surface area contributed by atoms with E-state index in [1.807, 2.05) is 6.92 Å². The quantitative estimate of drug-likeness (QED) is 0.477. The molecule has 0 saturated heterocycles. The lowest BCUT2D eigenvalue weighted by Gasteiger charge is -1.94. The van der Waals surface area contributed by atoms with Crippen molar-refractivity contribution in [1.82, 2.24) is 4.72 Å². The van der Waals surface area contributed by atoms with E-state index < -0.39 is 10.4 Å². The van der Waals surface area contributed by atoms with Gasteiger partial charge in [0.15, 0.2) is 0 Å². The highest BCUT2D eigenvalue weighted by Crippen LogP contribution is 1.86. The van der Waals surface area contributed by atoms with Gasteiger partial charge >= 0.3 is 10.4 Å². The van der Waals surface area contributed by atoms with Crippen LogP contribution in [0, 0.1) is 0 Å². The standard InChI is InChI=1S/C4H10FNO2S/c1-2-3-4-6-9(5,7)8/h6H,2-4H2,1H3. The molecule has 1 N–H and O–H groups in total. The van der Waals surface area contributed by atoms with E-state index in [4.69, 9.17) is 0 Å². The van der Waals surface area contributed by atoms with Crippen LogP contribution in [0.4, 0.5) is 3.89 Å². The summed E-state index contributed by atoms with van der Waals surface area (Å²) in [4.78, 5) is 0. The smallest absolute Gasteiger partial charge is 0.188 e. The van der Waals surface area contributed by atoms with E-state index in [-0.39, 0.29) is 6.54 Å². The molecule has 0 heterocycles. The lowest BCUT2D eigenvalue weighted by molar-refractivity contribution is 0.533. The van der Waals surface area contributed by atoms with Crippen molar-refractivity contribution in [2.24, 2.45) is 0 Å². The van der Waals surface area contributed by atoms with Crippen LogP contribution >= 0.6 is 0 Å². The summed E-state index contributed by atoms with van der Waals surface area (Å²) >= 11 is 0. The lowest BCUT2D eigenvalue weighted by Crippen LogP contribution is -2.19. The van der Waals surface area contributed by atoms with Crippen LogP contribution in [0.25, 0.3) is 0 Å². The molecule has 0 radical (unpaired) electrons. The van der Waals surface area contributed by atoms with Gasteiger partial charge < -0.3 is 0 Å². The van der Waals surface area contributed by atoms with Gasteiger partial charge in [0, 0.05) is 6.54 Å². The fourth-order valence-electron chi connectivity index (χ4n) is 0.371. The third-order valence-electron chi connectivity index (χ3n) is 0.805. The van der Waals surface area contributed by atoms with Crippen molar-refractivity contribution in [2.45, 2.75) is 19.8 Å². The molecule has 0 atom stereocenters. The van der Waals surface area contributed by atoms with Crippen LogP contribution < -0.4 is 4.72 Å². The van der Waals surface area contributed by atoms with Gasteiger partial charge in [0.25, 0.3) is 0 Å². The lowest BCUT2D eigenvalue weighted by atomic mass is 10.3. The molecule has 0 aliphatic rings. The third kappa shape index (κ3) is 7.84. The maximum absolute atomic E-state index is 11.6. The highest BCUT2D eigenvalue weighted by atomic mass is 32.3. The van der Waals surface area contributed by atoms with Crippen LogP contribution in [-0.4, -0.2) is 15.0 Å². The Morgan fingerprint density at radius 3 is 2.44 bits per heavy atom. The Kier molecular flexibility index (Phi) is 3.72. The number of nitrogens with one attached hydrogen (secondary N) is 1. The molecule has 0 amide bonds. The van der Waals surface area contributed by atoms with Crippen molar-refractivity contribution in [1.29, 1.82) is 0 Å². The summed E-state index contributed by atoms with van der Waals surface area (Å²) in [5.74, 6) is 0. The minimum absolute atomic E-state index is 0.190. The molecule has 5 heteroatoms. The van der Waals surface area contributed by atoms with Gasteiger partial charge in [0.05, 0.1) is 0 Å². The van der Waals surface area contributed by atoms with Gasteiger partial charge in [-0.1, -0.05) is 17.2 Å². The SMILES string of the molecule is CCCCNS(=O)(=O)F. The van der Waals surface area contributed by atoms with Gasteiger partial charge in [-0.05, 0) is 6.42 Å². The Bertz CT molecular complexity index is 154. The Labute approximate surface area is 54.6 Å². The zero-order valence-electron chi connectivity index (χ0n) is 5.22. The highest BCUT2D eigenvalue weighted by Gasteiger charge is 2.01. The van der Waals surface area contributed by atoms with Crippen LogP contribution in [-0.2, 0) is 10.4 Å². The molecule has 0 bridgehead atoms. The minimum atomic E-state index is -4.45. The van der Waals surface area contributed by atoms with Crippen molar-refractivity contribution in [2.75, 3.05) is 6.54 Å². The molecule has 0 aromatic carbocycles. The van der Waals surface area contributed by atoms with Crippen LogP contribution in [0.15, 0.2) is 0 Å². The second-order valence-corrected chi connectivity index (χ2v) is 2.85. The van der Waals surface area contributed by atoms with Crippen LogP contribution in [0.2, 0.25) is 0 Å². The van der Waals surface area contributed by atoms with Crippen LogP contribution in [0.3, 0.4) is 0 Å². The summed E-state index contributed by atoms with van der Waals surface area (Å²) < 4.78 is 32.8. The van der Waals surface area contributed by atoms with Gasteiger partial charge in [-0.2, -0.15) is 13.1 Å². The summed E-state index contributed by atoms with van der Waals surface area (Å²) in [5.41, 5.74) is 0. The Morgan fingerprint density at radius 1 is 1.56 bits per heavy atom. The van der Waals surface area contributed by atoms with Gasteiger partial charge in [0.2, 0.25) is 0 Å². The average molecular weight is 155 g/mol. The molecule has 0 spiro atoms. The summed E-state index contributed by atoms with van der Waals surface area (Å²) in [5, 5.41) is 0. The Morgan fingerprint density at radius 2 is 2.11 bits per heavy atom. The van der Waals surface area contributed by atoms with E-state index in [1.54, 1.807) is 4.72 Å². The number of halogens is 1. The zero-order valence-corrected chi connectivity index (χ0v) is 6.04. The maximum atomic E-state index is 11.6. The molecule has 0 aliphatic carbocycles. The van der Waals surface area contributed by atoms with Crippen LogP contribution in [0.5, 0.6) is 0 Å². The van der Waals surface area contributed by atoms with Crippen molar-refractivity contribution in [3.05, 3.63) is 0 Å². The summed E-state index contributed by atoms with van der Waals surface area (Å²) in [6.45, 7) is 2.09. The first-order valence-corrected chi connectivity index (χ1v) is 4.14. The van der Waals surface area contributed by atoms with Crippen LogP contribution in [0.1, 0.15) is 19.8 Å². The van der Waals surface area contributed by atoms with E-state index in [1.165, 1.54) is 0 Å². The van der Waals surface area contributed by atoms with Crippen molar-refractivity contribution in [3.8, 4) is 0 Å². The number of unbranched alkanes of at least 4 members (excludes halogenated alkanes) is 1. The molecule has 56 valence electrons. The zero-order chi connectivity index (χ0) is 7.33. The van der Waals surface area contributed by atoms with E-state index in [0.29, 0.717) is 6.42 Å². The molecule has 9 heavy (non-hydrogen) atoms. The average Bonchev–Trinajstić information content (AvgIpc) is 1.63. The van der Waals surface area contributed by atoms with E-state index in [9.17, 15) is 12.3 Å². The van der Waals surface area contributed by atoms with Gasteiger partial charge in [0.1, 0.15) is 0 Å². The second-order valence-electron chi connectivity index (χ2n) is 1.69. The first-order valence-electron chi connectivity index (χ1n) is 2.75. The topological polar surface area (TPSA) is 46.2 Å². The highest BCUT2D eigenvalue weighted by molar-refractivity contribution is 7.84. The molecular weight excluding hydrogens is 145 g/mol. The molecule has 0 fully saturated rings. The summed E-state index contributed by atoms with van der Waals surface area (Å²) in [6.07, 6.45) is 1.52. The Hall–Kier alpha value is -0.160. The first-order chi connectivity index (χ1) is 4.06. The molecule has 0 rings (SSSR count). The predicted octanol–water partition coefficient (Wildman–Crippen LogP) is 0.590.